The molecule has 0 bridgehead atoms. The quantitative estimate of drug-likeness (QED) is 0.193. The molecule has 232 valence electrons. The molecule has 2 heteroatoms. The first-order valence-corrected chi connectivity index (χ1v) is 17.0. The monoisotopic (exact) mass is 627 g/mol. The van der Waals surface area contributed by atoms with Crippen LogP contribution in [-0.4, -0.2) is 0 Å². The van der Waals surface area contributed by atoms with Crippen LogP contribution < -0.4 is 4.90 Å². The summed E-state index contributed by atoms with van der Waals surface area (Å²) in [6.45, 7) is 4.70. The van der Waals surface area contributed by atoms with E-state index in [1.165, 1.54) is 38.4 Å². The van der Waals surface area contributed by atoms with Crippen LogP contribution in [0.25, 0.3) is 65.7 Å². The summed E-state index contributed by atoms with van der Waals surface area (Å²) in [4.78, 5) is 2.43. The molecule has 0 saturated carbocycles. The van der Waals surface area contributed by atoms with Gasteiger partial charge >= 0.3 is 0 Å². The lowest BCUT2D eigenvalue weighted by molar-refractivity contribution is 0.660. The Morgan fingerprint density at radius 3 is 1.96 bits per heavy atom. The highest BCUT2D eigenvalue weighted by molar-refractivity contribution is 6.18. The fourth-order valence-corrected chi connectivity index (χ4v) is 8.15. The van der Waals surface area contributed by atoms with E-state index in [4.69, 9.17) is 4.42 Å². The summed E-state index contributed by atoms with van der Waals surface area (Å²) in [7, 11) is 0. The maximum Gasteiger partial charge on any atom is 0.143 e. The summed E-state index contributed by atoms with van der Waals surface area (Å²) in [5.41, 5.74) is 12.6. The molecule has 0 saturated heterocycles. The van der Waals surface area contributed by atoms with E-state index in [0.29, 0.717) is 0 Å². The van der Waals surface area contributed by atoms with Gasteiger partial charge in [-0.2, -0.15) is 0 Å². The molecule has 1 aromatic heterocycles. The molecule has 0 radical (unpaired) electrons. The van der Waals surface area contributed by atoms with Crippen molar-refractivity contribution in [1.29, 1.82) is 0 Å². The second-order valence-electron chi connectivity index (χ2n) is 13.8. The first-order chi connectivity index (χ1) is 24.0. The number of furan rings is 1. The highest BCUT2D eigenvalue weighted by Gasteiger charge is 2.36. The predicted octanol–water partition coefficient (Wildman–Crippen LogP) is 13.3. The average molecular weight is 628 g/mol. The average Bonchev–Trinajstić information content (AvgIpc) is 3.64. The van der Waals surface area contributed by atoms with Crippen LogP contribution in [0.2, 0.25) is 0 Å². The molecule has 2 nitrogen and oxygen atoms in total. The zero-order chi connectivity index (χ0) is 32.7. The lowest BCUT2D eigenvalue weighted by atomic mass is 9.82. The molecule has 9 aromatic rings. The van der Waals surface area contributed by atoms with Gasteiger partial charge in [-0.05, 0) is 86.4 Å². The van der Waals surface area contributed by atoms with Gasteiger partial charge in [0.15, 0.2) is 0 Å². The molecule has 10 rings (SSSR count). The molecule has 0 N–H and O–H groups in total. The molecule has 1 heterocycles. The lowest BCUT2D eigenvalue weighted by Crippen LogP contribution is -2.16. The van der Waals surface area contributed by atoms with Crippen LogP contribution in [0.4, 0.5) is 17.1 Å². The normalized spacial score (nSPS) is 13.3. The molecular formula is C47H33NO. The molecule has 0 fully saturated rings. The number of benzene rings is 8. The lowest BCUT2D eigenvalue weighted by Gasteiger charge is -2.29. The van der Waals surface area contributed by atoms with Gasteiger partial charge in [-0.25, -0.2) is 0 Å². The Labute approximate surface area is 285 Å². The topological polar surface area (TPSA) is 16.4 Å². The van der Waals surface area contributed by atoms with Gasteiger partial charge < -0.3 is 9.32 Å². The van der Waals surface area contributed by atoms with Gasteiger partial charge in [0.25, 0.3) is 0 Å². The molecule has 49 heavy (non-hydrogen) atoms. The van der Waals surface area contributed by atoms with Gasteiger partial charge in [0.2, 0.25) is 0 Å². The van der Waals surface area contributed by atoms with Crippen molar-refractivity contribution < 1.29 is 4.42 Å². The Morgan fingerprint density at radius 2 is 1.08 bits per heavy atom. The molecule has 0 spiro atoms. The van der Waals surface area contributed by atoms with Crippen molar-refractivity contribution in [1.82, 2.24) is 0 Å². The minimum atomic E-state index is -0.113. The molecule has 1 aliphatic carbocycles. The first-order valence-electron chi connectivity index (χ1n) is 17.0. The van der Waals surface area contributed by atoms with Crippen molar-refractivity contribution in [2.75, 3.05) is 4.90 Å². The Kier molecular flexibility index (Phi) is 5.95. The number of anilines is 3. The van der Waals surface area contributed by atoms with Gasteiger partial charge in [-0.15, -0.1) is 0 Å². The Balaban J connectivity index is 1.27. The van der Waals surface area contributed by atoms with Crippen LogP contribution in [0, 0.1) is 0 Å². The Hall–Kier alpha value is -6.12. The third kappa shape index (κ3) is 4.20. The molecule has 0 amide bonds. The highest BCUT2D eigenvalue weighted by Crippen LogP contribution is 2.51. The van der Waals surface area contributed by atoms with E-state index in [-0.39, 0.29) is 5.41 Å². The van der Waals surface area contributed by atoms with Crippen molar-refractivity contribution in [3.8, 4) is 22.3 Å². The van der Waals surface area contributed by atoms with Gasteiger partial charge in [0.05, 0.1) is 0 Å². The maximum absolute atomic E-state index is 6.86. The zero-order valence-corrected chi connectivity index (χ0v) is 27.4. The number of rotatable bonds is 4. The van der Waals surface area contributed by atoms with Gasteiger partial charge in [-0.3, -0.25) is 0 Å². The summed E-state index contributed by atoms with van der Waals surface area (Å²) < 4.78 is 6.86. The number of hydrogen-bond acceptors (Lipinski definition) is 2. The largest absolute Gasteiger partial charge is 0.455 e. The van der Waals surface area contributed by atoms with Crippen molar-refractivity contribution in [3.63, 3.8) is 0 Å². The fourth-order valence-electron chi connectivity index (χ4n) is 8.15. The molecule has 0 aliphatic heterocycles. The summed E-state index contributed by atoms with van der Waals surface area (Å²) in [5.74, 6) is 0. The van der Waals surface area contributed by atoms with Crippen molar-refractivity contribution >= 4 is 60.5 Å². The summed E-state index contributed by atoms with van der Waals surface area (Å²) in [6.07, 6.45) is 0. The van der Waals surface area contributed by atoms with Crippen molar-refractivity contribution in [3.05, 3.63) is 175 Å². The van der Waals surface area contributed by atoms with E-state index in [2.05, 4.69) is 183 Å². The van der Waals surface area contributed by atoms with E-state index in [1.54, 1.807) is 0 Å². The minimum absolute atomic E-state index is 0.113. The standard InChI is InChI=1S/C47H33NO/c1-47(2)43-19-11-10-18-38(43)39-25-23-35(29-44(39)47)48(34-22-20-30-12-6-7-16-33(30)26-34)36-27-41(31-13-4-3-5-14-31)46-42(28-36)40-24-21-32-15-8-9-17-37(32)45(40)49-46/h3-29H,1-2H3. The van der Waals surface area contributed by atoms with E-state index in [9.17, 15) is 0 Å². The highest BCUT2D eigenvalue weighted by atomic mass is 16.3. The summed E-state index contributed by atoms with van der Waals surface area (Å²) in [6, 6.07) is 59.5. The number of fused-ring (bicyclic) bond motifs is 9. The third-order valence-corrected chi connectivity index (χ3v) is 10.6. The molecule has 0 unspecified atom stereocenters. The van der Waals surface area contributed by atoms with Crippen LogP contribution in [0.3, 0.4) is 0 Å². The fraction of sp³-hybridized carbons (Fsp3) is 0.0638. The number of nitrogens with zero attached hydrogens (tertiary/aromatic N) is 1. The van der Waals surface area contributed by atoms with E-state index < -0.39 is 0 Å². The van der Waals surface area contributed by atoms with E-state index in [0.717, 1.165) is 55.5 Å². The number of hydrogen-bond donors (Lipinski definition) is 0. The van der Waals surface area contributed by atoms with Crippen LogP contribution in [-0.2, 0) is 5.41 Å². The first kappa shape index (κ1) is 27.9. The Morgan fingerprint density at radius 1 is 0.408 bits per heavy atom. The van der Waals surface area contributed by atoms with Crippen LogP contribution in [0.1, 0.15) is 25.0 Å². The molecule has 8 aromatic carbocycles. The van der Waals surface area contributed by atoms with E-state index >= 15 is 0 Å². The zero-order valence-electron chi connectivity index (χ0n) is 27.4. The van der Waals surface area contributed by atoms with Gasteiger partial charge in [0.1, 0.15) is 11.2 Å². The second-order valence-corrected chi connectivity index (χ2v) is 13.8. The smallest absolute Gasteiger partial charge is 0.143 e. The van der Waals surface area contributed by atoms with Crippen LogP contribution in [0.15, 0.2) is 168 Å². The summed E-state index contributed by atoms with van der Waals surface area (Å²) >= 11 is 0. The predicted molar refractivity (Wildman–Crippen MR) is 206 cm³/mol. The molecule has 1 aliphatic rings. The van der Waals surface area contributed by atoms with Crippen molar-refractivity contribution in [2.24, 2.45) is 0 Å². The Bertz CT molecular complexity index is 2750. The third-order valence-electron chi connectivity index (χ3n) is 10.6. The van der Waals surface area contributed by atoms with Gasteiger partial charge in [-0.1, -0.05) is 135 Å². The second kappa shape index (κ2) is 10.4. The van der Waals surface area contributed by atoms with Crippen LogP contribution >= 0.6 is 0 Å². The molecule has 0 atom stereocenters. The van der Waals surface area contributed by atoms with Crippen molar-refractivity contribution in [2.45, 2.75) is 19.3 Å². The van der Waals surface area contributed by atoms with E-state index in [1.807, 2.05) is 0 Å². The molecular weight excluding hydrogens is 595 g/mol. The summed E-state index contributed by atoms with van der Waals surface area (Å²) in [5, 5.41) is 6.97. The SMILES string of the molecule is CC1(C)c2ccccc2-c2ccc(N(c3ccc4ccccc4c3)c3cc(-c4ccccc4)c4oc5c6ccccc6ccc5c4c3)cc21. The van der Waals surface area contributed by atoms with Crippen LogP contribution in [0.5, 0.6) is 0 Å². The maximum atomic E-state index is 6.86. The van der Waals surface area contributed by atoms with Gasteiger partial charge in [0, 0.05) is 44.2 Å². The minimum Gasteiger partial charge on any atom is -0.455 e.